The van der Waals surface area contributed by atoms with Crippen LogP contribution in [-0.2, 0) is 0 Å². The van der Waals surface area contributed by atoms with Gasteiger partial charge in [-0.1, -0.05) is 322 Å². The molecule has 552 valence electrons. The van der Waals surface area contributed by atoms with Gasteiger partial charge in [-0.3, -0.25) is 0 Å². The summed E-state index contributed by atoms with van der Waals surface area (Å²) in [7, 11) is 0. The van der Waals surface area contributed by atoms with Crippen LogP contribution in [0, 0.1) is 0 Å². The zero-order valence-electron chi connectivity index (χ0n) is 63.7. The molecule has 10 nitrogen and oxygen atoms in total. The van der Waals surface area contributed by atoms with Gasteiger partial charge in [-0.15, -0.1) is 0 Å². The molecule has 23 aromatic rings. The van der Waals surface area contributed by atoms with Gasteiger partial charge in [-0.2, -0.15) is 0 Å². The molecule has 0 aliphatic rings. The second-order valence-corrected chi connectivity index (χ2v) is 29.7. The number of para-hydroxylation sites is 2. The van der Waals surface area contributed by atoms with E-state index in [1.54, 1.807) is 0 Å². The lowest BCUT2D eigenvalue weighted by molar-refractivity contribution is 0.670. The summed E-state index contributed by atoms with van der Waals surface area (Å²) < 4.78 is 18.4. The summed E-state index contributed by atoms with van der Waals surface area (Å²) in [6, 6.07) is 144. The van der Waals surface area contributed by atoms with E-state index in [9.17, 15) is 0 Å². The van der Waals surface area contributed by atoms with Gasteiger partial charge >= 0.3 is 0 Å². The Morgan fingerprint density at radius 2 is 0.415 bits per heavy atom. The minimum absolute atomic E-state index is 0.598. The maximum absolute atomic E-state index is 6.88. The summed E-state index contributed by atoms with van der Waals surface area (Å²) in [5.74, 6) is 3.68. The Balaban J connectivity index is 0.000000143. The number of fused-ring (bicyclic) bond motifs is 14. The lowest BCUT2D eigenvalue weighted by atomic mass is 10.00. The molecular formula is C108H68N8O2. The minimum Gasteiger partial charge on any atom is -0.454 e. The normalized spacial score (nSPS) is 11.6. The van der Waals surface area contributed by atoms with Gasteiger partial charge in [-0.25, -0.2) is 29.9 Å². The molecule has 0 N–H and O–H groups in total. The minimum atomic E-state index is 0.598. The zero-order valence-corrected chi connectivity index (χ0v) is 63.7. The molecule has 0 atom stereocenters. The van der Waals surface area contributed by atoms with Gasteiger partial charge in [0.2, 0.25) is 0 Å². The van der Waals surface area contributed by atoms with Crippen molar-refractivity contribution in [2.45, 2.75) is 0 Å². The molecule has 0 unspecified atom stereocenters. The van der Waals surface area contributed by atoms with E-state index in [1.807, 2.05) is 84.9 Å². The summed E-state index contributed by atoms with van der Waals surface area (Å²) in [6.07, 6.45) is 0. The fourth-order valence-electron chi connectivity index (χ4n) is 16.8. The van der Waals surface area contributed by atoms with Crippen molar-refractivity contribution in [1.29, 1.82) is 0 Å². The Bertz CT molecular complexity index is 7760. The van der Waals surface area contributed by atoms with Crippen LogP contribution in [0.3, 0.4) is 0 Å². The number of benzene rings is 17. The summed E-state index contributed by atoms with van der Waals surface area (Å²) in [5.41, 5.74) is 26.8. The molecule has 0 radical (unpaired) electrons. The molecule has 0 spiro atoms. The van der Waals surface area contributed by atoms with Gasteiger partial charge in [0.1, 0.15) is 11.2 Å². The highest BCUT2D eigenvalue weighted by atomic mass is 16.3. The zero-order chi connectivity index (χ0) is 78.0. The van der Waals surface area contributed by atoms with E-state index in [0.29, 0.717) is 34.9 Å². The first kappa shape index (κ1) is 68.7. The second kappa shape index (κ2) is 29.2. The third-order valence-corrected chi connectivity index (χ3v) is 22.5. The van der Waals surface area contributed by atoms with Crippen LogP contribution in [0.15, 0.2) is 421 Å². The standard InChI is InChI=1S/C57H36N4O.C51H32N4O/c1-4-13-37(14-5-1)39-23-25-41(26-24-39)44-19-12-20-46(35-44)61-51-22-11-10-21-47(51)48-32-33-49-50-36-45(31-34-52(50)62-54(49)53(48)61)57-59-55(42-17-8-3-9-18-42)58-56(60-57)43-29-27-40(28-30-43)38-15-6-2-7-16-38;1-4-14-33(15-5-1)36-20-12-22-38(30-36)50-52-49(35-18-8-3-9-19-35)53-51(54-50)39-26-29-46-44(32-39)43-28-27-42-41-24-10-11-25-45(41)55(47(42)48(43)56-46)40-23-13-21-37(31-40)34-16-6-2-7-17-34/h1-36H;1-32H. The molecule has 118 heavy (non-hydrogen) atoms. The fourth-order valence-corrected chi connectivity index (χ4v) is 16.8. The SMILES string of the molecule is c1ccc(-c2ccc(-c3cccc(-n4c5ccccc5c5ccc6c7cc(-c8nc(-c9ccccc9)nc(-c9ccc(-c%10ccccc%10)cc9)n8)ccc7oc6c54)c3)cc2)cc1.c1ccc(-c2cccc(-c3nc(-c4ccccc4)nc(-c4ccc5oc6c(ccc7c8ccccc8n(-c8cccc(-c9ccccc9)c8)c76)c5c4)n3)c2)cc1. The predicted octanol–water partition coefficient (Wildman–Crippen LogP) is 28.1. The maximum atomic E-state index is 6.88. The quantitative estimate of drug-likeness (QED) is 0.112. The summed E-state index contributed by atoms with van der Waals surface area (Å²) in [5, 5.41) is 8.69. The van der Waals surface area contributed by atoms with Crippen molar-refractivity contribution in [3.05, 3.63) is 413 Å². The molecule has 23 rings (SSSR count). The highest BCUT2D eigenvalue weighted by molar-refractivity contribution is 6.23. The van der Waals surface area contributed by atoms with Crippen LogP contribution < -0.4 is 0 Å². The first-order valence-corrected chi connectivity index (χ1v) is 39.6. The number of rotatable bonds is 13. The van der Waals surface area contributed by atoms with Crippen LogP contribution in [0.1, 0.15) is 0 Å². The molecule has 0 saturated carbocycles. The smallest absolute Gasteiger partial charge is 0.164 e. The number of hydrogen-bond donors (Lipinski definition) is 0. The largest absolute Gasteiger partial charge is 0.454 e. The predicted molar refractivity (Wildman–Crippen MR) is 483 cm³/mol. The van der Waals surface area contributed by atoms with Crippen molar-refractivity contribution in [3.63, 3.8) is 0 Å². The van der Waals surface area contributed by atoms with Crippen LogP contribution in [-0.4, -0.2) is 39.0 Å². The highest BCUT2D eigenvalue weighted by Gasteiger charge is 2.25. The van der Waals surface area contributed by atoms with Gasteiger partial charge in [0, 0.05) is 87.8 Å². The number of nitrogens with zero attached hydrogens (tertiary/aromatic N) is 8. The van der Waals surface area contributed by atoms with E-state index < -0.39 is 0 Å². The van der Waals surface area contributed by atoms with Crippen molar-refractivity contribution in [2.75, 3.05) is 0 Å². The van der Waals surface area contributed by atoms with Crippen LogP contribution in [0.4, 0.5) is 0 Å². The van der Waals surface area contributed by atoms with E-state index in [4.69, 9.17) is 38.7 Å². The number of aromatic nitrogens is 8. The van der Waals surface area contributed by atoms with Gasteiger partial charge in [0.15, 0.2) is 46.1 Å². The summed E-state index contributed by atoms with van der Waals surface area (Å²) in [4.78, 5) is 30.3. The Labute approximate surface area is 678 Å². The first-order chi connectivity index (χ1) is 58.5. The molecule has 0 amide bonds. The van der Waals surface area contributed by atoms with Crippen molar-refractivity contribution in [1.82, 2.24) is 39.0 Å². The van der Waals surface area contributed by atoms with Crippen molar-refractivity contribution in [3.8, 4) is 135 Å². The van der Waals surface area contributed by atoms with E-state index in [1.165, 1.54) is 27.5 Å². The molecule has 10 heteroatoms. The van der Waals surface area contributed by atoms with Gasteiger partial charge in [-0.05, 0) is 147 Å². The van der Waals surface area contributed by atoms with E-state index in [2.05, 4.69) is 337 Å². The molecule has 0 saturated heterocycles. The number of furan rings is 2. The third-order valence-electron chi connectivity index (χ3n) is 22.5. The van der Waals surface area contributed by atoms with Crippen molar-refractivity contribution < 1.29 is 8.83 Å². The van der Waals surface area contributed by atoms with Crippen LogP contribution in [0.25, 0.3) is 223 Å². The van der Waals surface area contributed by atoms with Crippen LogP contribution >= 0.6 is 0 Å². The van der Waals surface area contributed by atoms with E-state index in [-0.39, 0.29) is 0 Å². The maximum Gasteiger partial charge on any atom is 0.164 e. The Kier molecular flexibility index (Phi) is 17.0. The van der Waals surface area contributed by atoms with E-state index in [0.717, 1.165) is 160 Å². The first-order valence-electron chi connectivity index (χ1n) is 39.6. The molecule has 6 aromatic heterocycles. The van der Waals surface area contributed by atoms with Crippen molar-refractivity contribution >= 4 is 87.5 Å². The van der Waals surface area contributed by atoms with Crippen LogP contribution in [0.5, 0.6) is 0 Å². The molecular weight excluding hydrogens is 1440 g/mol. The lowest BCUT2D eigenvalue weighted by Crippen LogP contribution is -2.00. The second-order valence-electron chi connectivity index (χ2n) is 29.7. The molecule has 0 aliphatic heterocycles. The van der Waals surface area contributed by atoms with Crippen LogP contribution in [0.2, 0.25) is 0 Å². The van der Waals surface area contributed by atoms with Gasteiger partial charge in [0.05, 0.1) is 22.1 Å². The third kappa shape index (κ3) is 12.5. The molecule has 0 aliphatic carbocycles. The Hall–Kier alpha value is -16.0. The molecule has 0 fully saturated rings. The summed E-state index contributed by atoms with van der Waals surface area (Å²) >= 11 is 0. The summed E-state index contributed by atoms with van der Waals surface area (Å²) in [6.45, 7) is 0. The van der Waals surface area contributed by atoms with Gasteiger partial charge < -0.3 is 18.0 Å². The molecule has 17 aromatic carbocycles. The van der Waals surface area contributed by atoms with E-state index >= 15 is 0 Å². The average Bonchev–Trinajstić information content (AvgIpc) is 1.56. The fraction of sp³-hybridized carbons (Fsp3) is 0. The van der Waals surface area contributed by atoms with Crippen molar-refractivity contribution in [2.24, 2.45) is 0 Å². The number of hydrogen-bond acceptors (Lipinski definition) is 8. The Morgan fingerprint density at radius 1 is 0.161 bits per heavy atom. The van der Waals surface area contributed by atoms with Gasteiger partial charge in [0.25, 0.3) is 0 Å². The Morgan fingerprint density at radius 3 is 0.805 bits per heavy atom. The lowest BCUT2D eigenvalue weighted by Gasteiger charge is -2.11. The molecule has 6 heterocycles. The highest BCUT2D eigenvalue weighted by Crippen LogP contribution is 2.45. The monoisotopic (exact) mass is 1510 g/mol. The topological polar surface area (TPSA) is 113 Å². The average molecular weight is 1510 g/mol. The molecule has 0 bridgehead atoms.